The number of fused-ring (bicyclic) bond motifs is 1. The number of aromatic nitrogens is 1. The van der Waals surface area contributed by atoms with E-state index in [9.17, 15) is 4.79 Å². The standard InChI is InChI=1S/C25H30ClN3O3/c1-16(2)17(3)29(14-19-9-10-31-15-19)24(30)20-7-8-23-22(12-20)28-25(32-23)27-13-18-5-4-6-21(26)11-18/h4-8,11-12,16-17,19H,9-10,13-15H2,1-3H3,(H,27,28). The Hall–Kier alpha value is -2.57. The fourth-order valence-electron chi connectivity index (χ4n) is 3.93. The Morgan fingerprint density at radius 2 is 2.09 bits per heavy atom. The van der Waals surface area contributed by atoms with Crippen molar-refractivity contribution >= 4 is 34.6 Å². The van der Waals surface area contributed by atoms with Crippen molar-refractivity contribution in [2.75, 3.05) is 25.1 Å². The van der Waals surface area contributed by atoms with Gasteiger partial charge < -0.3 is 19.4 Å². The molecule has 0 bridgehead atoms. The molecule has 1 saturated heterocycles. The molecule has 1 aliphatic rings. The van der Waals surface area contributed by atoms with E-state index in [0.29, 0.717) is 52.6 Å². The minimum absolute atomic E-state index is 0.0245. The van der Waals surface area contributed by atoms with Crippen molar-refractivity contribution in [3.05, 3.63) is 58.6 Å². The van der Waals surface area contributed by atoms with Gasteiger partial charge in [0.05, 0.1) is 6.61 Å². The Morgan fingerprint density at radius 3 is 2.81 bits per heavy atom. The van der Waals surface area contributed by atoms with Crippen LogP contribution in [0.1, 0.15) is 43.1 Å². The first-order valence-electron chi connectivity index (χ1n) is 11.2. The van der Waals surface area contributed by atoms with Crippen molar-refractivity contribution in [1.82, 2.24) is 9.88 Å². The van der Waals surface area contributed by atoms with Gasteiger partial charge in [0, 0.05) is 42.2 Å². The Kier molecular flexibility index (Phi) is 7.01. The number of anilines is 1. The van der Waals surface area contributed by atoms with Crippen LogP contribution in [0.2, 0.25) is 5.02 Å². The van der Waals surface area contributed by atoms with Crippen molar-refractivity contribution in [2.45, 2.75) is 39.8 Å². The lowest BCUT2D eigenvalue weighted by atomic mass is 10.00. The normalized spacial score (nSPS) is 17.1. The summed E-state index contributed by atoms with van der Waals surface area (Å²) in [4.78, 5) is 20.0. The zero-order chi connectivity index (χ0) is 22.7. The molecule has 1 aliphatic heterocycles. The van der Waals surface area contributed by atoms with Crippen molar-refractivity contribution < 1.29 is 13.9 Å². The molecule has 7 heteroatoms. The fraction of sp³-hybridized carbons (Fsp3) is 0.440. The summed E-state index contributed by atoms with van der Waals surface area (Å²) in [7, 11) is 0. The molecule has 2 unspecified atom stereocenters. The van der Waals surface area contributed by atoms with E-state index in [0.717, 1.165) is 25.2 Å². The zero-order valence-electron chi connectivity index (χ0n) is 18.8. The third-order valence-electron chi connectivity index (χ3n) is 6.16. The van der Waals surface area contributed by atoms with Gasteiger partial charge in [-0.3, -0.25) is 4.79 Å². The van der Waals surface area contributed by atoms with Crippen molar-refractivity contribution in [3.8, 4) is 0 Å². The number of nitrogens with zero attached hydrogens (tertiary/aromatic N) is 2. The largest absolute Gasteiger partial charge is 0.424 e. The summed E-state index contributed by atoms with van der Waals surface area (Å²) in [5.41, 5.74) is 2.96. The summed E-state index contributed by atoms with van der Waals surface area (Å²) in [6, 6.07) is 13.6. The second kappa shape index (κ2) is 9.92. The van der Waals surface area contributed by atoms with Gasteiger partial charge in [0.15, 0.2) is 5.58 Å². The van der Waals surface area contributed by atoms with Crippen LogP contribution in [0.5, 0.6) is 0 Å². The average molecular weight is 456 g/mol. The maximum atomic E-state index is 13.5. The van der Waals surface area contributed by atoms with Gasteiger partial charge in [-0.25, -0.2) is 0 Å². The minimum Gasteiger partial charge on any atom is -0.424 e. The highest BCUT2D eigenvalue weighted by molar-refractivity contribution is 6.30. The van der Waals surface area contributed by atoms with E-state index in [1.54, 1.807) is 0 Å². The highest BCUT2D eigenvalue weighted by Gasteiger charge is 2.28. The van der Waals surface area contributed by atoms with Gasteiger partial charge in [-0.2, -0.15) is 4.98 Å². The molecule has 0 radical (unpaired) electrons. The molecule has 6 nitrogen and oxygen atoms in total. The molecular weight excluding hydrogens is 426 g/mol. The Bertz CT molecular complexity index is 1080. The lowest BCUT2D eigenvalue weighted by molar-refractivity contribution is 0.0597. The van der Waals surface area contributed by atoms with Crippen LogP contribution >= 0.6 is 11.6 Å². The van der Waals surface area contributed by atoms with Crippen LogP contribution in [0.3, 0.4) is 0 Å². The first kappa shape index (κ1) is 22.6. The van der Waals surface area contributed by atoms with Gasteiger partial charge in [0.25, 0.3) is 11.9 Å². The number of ether oxygens (including phenoxy) is 1. The molecule has 1 N–H and O–H groups in total. The molecule has 0 saturated carbocycles. The first-order chi connectivity index (χ1) is 15.4. The number of carbonyl (C=O) groups excluding carboxylic acids is 1. The third kappa shape index (κ3) is 5.25. The highest BCUT2D eigenvalue weighted by atomic mass is 35.5. The van der Waals surface area contributed by atoms with Crippen LogP contribution in [-0.2, 0) is 11.3 Å². The molecule has 1 fully saturated rings. The molecule has 4 rings (SSSR count). The summed E-state index contributed by atoms with van der Waals surface area (Å²) in [5.74, 6) is 0.772. The lowest BCUT2D eigenvalue weighted by Gasteiger charge is -2.33. The number of nitrogens with one attached hydrogen (secondary N) is 1. The van der Waals surface area contributed by atoms with Crippen molar-refractivity contribution in [1.29, 1.82) is 0 Å². The maximum absolute atomic E-state index is 13.5. The van der Waals surface area contributed by atoms with Gasteiger partial charge in [0.1, 0.15) is 5.52 Å². The van der Waals surface area contributed by atoms with Crippen LogP contribution < -0.4 is 5.32 Å². The second-order valence-electron chi connectivity index (χ2n) is 8.86. The number of halogens is 1. The van der Waals surface area contributed by atoms with E-state index < -0.39 is 0 Å². The number of benzene rings is 2. The van der Waals surface area contributed by atoms with Crippen LogP contribution in [-0.4, -0.2) is 41.6 Å². The SMILES string of the molecule is CC(C)C(C)N(CC1CCOC1)C(=O)c1ccc2oc(NCc3cccc(Cl)c3)nc2c1. The van der Waals surface area contributed by atoms with Crippen molar-refractivity contribution in [3.63, 3.8) is 0 Å². The number of hydrogen-bond donors (Lipinski definition) is 1. The smallest absolute Gasteiger partial charge is 0.295 e. The Morgan fingerprint density at radius 1 is 1.25 bits per heavy atom. The summed E-state index contributed by atoms with van der Waals surface area (Å²) in [6.45, 7) is 9.16. The number of hydrogen-bond acceptors (Lipinski definition) is 5. The highest BCUT2D eigenvalue weighted by Crippen LogP contribution is 2.25. The fourth-order valence-corrected chi connectivity index (χ4v) is 4.14. The predicted molar refractivity (Wildman–Crippen MR) is 127 cm³/mol. The number of oxazole rings is 1. The minimum atomic E-state index is 0.0245. The van der Waals surface area contributed by atoms with E-state index in [2.05, 4.69) is 31.1 Å². The molecule has 0 spiro atoms. The molecule has 2 heterocycles. The summed E-state index contributed by atoms with van der Waals surface area (Å²) >= 11 is 6.05. The Labute approximate surface area is 193 Å². The second-order valence-corrected chi connectivity index (χ2v) is 9.29. The topological polar surface area (TPSA) is 67.6 Å². The lowest BCUT2D eigenvalue weighted by Crippen LogP contribution is -2.44. The molecule has 170 valence electrons. The van der Waals surface area contributed by atoms with Gasteiger partial charge in [-0.15, -0.1) is 0 Å². The molecule has 2 atom stereocenters. The van der Waals surface area contributed by atoms with Gasteiger partial charge >= 0.3 is 0 Å². The number of carbonyl (C=O) groups is 1. The molecule has 0 aliphatic carbocycles. The first-order valence-corrected chi connectivity index (χ1v) is 11.6. The number of amides is 1. The summed E-state index contributed by atoms with van der Waals surface area (Å²) < 4.78 is 11.3. The van der Waals surface area contributed by atoms with Crippen LogP contribution in [0, 0.1) is 11.8 Å². The quantitative estimate of drug-likeness (QED) is 0.477. The number of rotatable bonds is 8. The average Bonchev–Trinajstić information content (AvgIpc) is 3.44. The van der Waals surface area contributed by atoms with E-state index >= 15 is 0 Å². The molecule has 1 aromatic heterocycles. The molecule has 2 aromatic carbocycles. The monoisotopic (exact) mass is 455 g/mol. The van der Waals surface area contributed by atoms with Crippen molar-refractivity contribution in [2.24, 2.45) is 11.8 Å². The third-order valence-corrected chi connectivity index (χ3v) is 6.40. The van der Waals surface area contributed by atoms with Gasteiger partial charge in [-0.05, 0) is 55.2 Å². The van der Waals surface area contributed by atoms with Crippen LogP contribution in [0.25, 0.3) is 11.1 Å². The predicted octanol–water partition coefficient (Wildman–Crippen LogP) is 5.62. The van der Waals surface area contributed by atoms with Crippen LogP contribution in [0.15, 0.2) is 46.9 Å². The van der Waals surface area contributed by atoms with E-state index in [1.165, 1.54) is 0 Å². The van der Waals surface area contributed by atoms with Gasteiger partial charge in [0.2, 0.25) is 0 Å². The van der Waals surface area contributed by atoms with E-state index in [1.807, 2.05) is 47.4 Å². The molecule has 32 heavy (non-hydrogen) atoms. The molecular formula is C25H30ClN3O3. The molecule has 1 amide bonds. The van der Waals surface area contributed by atoms with Gasteiger partial charge in [-0.1, -0.05) is 37.6 Å². The Balaban J connectivity index is 1.51. The summed E-state index contributed by atoms with van der Waals surface area (Å²) in [5, 5.41) is 3.87. The zero-order valence-corrected chi connectivity index (χ0v) is 19.6. The molecule has 3 aromatic rings. The van der Waals surface area contributed by atoms with Crippen LogP contribution in [0.4, 0.5) is 6.01 Å². The van der Waals surface area contributed by atoms with E-state index in [4.69, 9.17) is 20.8 Å². The maximum Gasteiger partial charge on any atom is 0.295 e. The van der Waals surface area contributed by atoms with E-state index in [-0.39, 0.29) is 11.9 Å². The summed E-state index contributed by atoms with van der Waals surface area (Å²) in [6.07, 6.45) is 0.999.